The standard InChI is InChI=1S/C8H11NOSe/c1-2-5-9-8(10)7-4-3-6-11-7/h3-4,6H,2,5H2,1H3,(H,9,10). The van der Waals surface area contributed by atoms with Gasteiger partial charge in [0.1, 0.15) is 0 Å². The van der Waals surface area contributed by atoms with Crippen molar-refractivity contribution < 1.29 is 4.79 Å². The fourth-order valence-electron chi connectivity index (χ4n) is 0.733. The number of hydrogen-bond donors (Lipinski definition) is 1. The van der Waals surface area contributed by atoms with E-state index in [-0.39, 0.29) is 20.4 Å². The van der Waals surface area contributed by atoms with E-state index in [2.05, 4.69) is 5.32 Å². The summed E-state index contributed by atoms with van der Waals surface area (Å²) in [5.74, 6) is 0.108. The molecule has 60 valence electrons. The van der Waals surface area contributed by atoms with E-state index in [1.54, 1.807) is 0 Å². The summed E-state index contributed by atoms with van der Waals surface area (Å²) >= 11 is 0.276. The number of amides is 1. The molecule has 0 spiro atoms. The van der Waals surface area contributed by atoms with Gasteiger partial charge in [-0.3, -0.25) is 0 Å². The fraction of sp³-hybridized carbons (Fsp3) is 0.375. The second-order valence-corrected chi connectivity index (χ2v) is 4.22. The van der Waals surface area contributed by atoms with Crippen LogP contribution < -0.4 is 5.32 Å². The number of carbonyl (C=O) groups is 1. The number of nitrogens with one attached hydrogen (secondary N) is 1. The van der Waals surface area contributed by atoms with Crippen LogP contribution in [0.2, 0.25) is 0 Å². The van der Waals surface area contributed by atoms with Gasteiger partial charge in [0.15, 0.2) is 0 Å². The van der Waals surface area contributed by atoms with Crippen molar-refractivity contribution in [2.45, 2.75) is 13.3 Å². The van der Waals surface area contributed by atoms with Crippen LogP contribution in [0, 0.1) is 0 Å². The minimum atomic E-state index is 0.108. The van der Waals surface area contributed by atoms with Gasteiger partial charge >= 0.3 is 71.9 Å². The summed E-state index contributed by atoms with van der Waals surface area (Å²) in [6.45, 7) is 2.83. The Bertz CT molecular complexity index is 218. The average molecular weight is 216 g/mol. The van der Waals surface area contributed by atoms with Crippen LogP contribution in [0.15, 0.2) is 17.1 Å². The number of carbonyl (C=O) groups excluding carboxylic acids is 1. The van der Waals surface area contributed by atoms with Crippen LogP contribution in [-0.2, 0) is 0 Å². The molecule has 0 radical (unpaired) electrons. The minimum absolute atomic E-state index is 0.108. The van der Waals surface area contributed by atoms with Crippen molar-refractivity contribution in [3.8, 4) is 0 Å². The third kappa shape index (κ3) is 2.52. The van der Waals surface area contributed by atoms with Crippen molar-refractivity contribution >= 4 is 20.4 Å². The molecular weight excluding hydrogens is 205 g/mol. The molecule has 1 heterocycles. The monoisotopic (exact) mass is 217 g/mol. The van der Waals surface area contributed by atoms with Gasteiger partial charge in [0.05, 0.1) is 0 Å². The van der Waals surface area contributed by atoms with E-state index < -0.39 is 0 Å². The first-order valence-electron chi connectivity index (χ1n) is 3.66. The topological polar surface area (TPSA) is 29.1 Å². The number of rotatable bonds is 3. The van der Waals surface area contributed by atoms with E-state index in [9.17, 15) is 4.79 Å². The van der Waals surface area contributed by atoms with E-state index in [0.717, 1.165) is 17.4 Å². The van der Waals surface area contributed by atoms with E-state index in [0.29, 0.717) is 0 Å². The molecule has 0 saturated carbocycles. The molecule has 1 amide bonds. The predicted molar refractivity (Wildman–Crippen MR) is 46.0 cm³/mol. The van der Waals surface area contributed by atoms with Crippen molar-refractivity contribution in [3.05, 3.63) is 21.5 Å². The molecule has 0 aromatic carbocycles. The third-order valence-electron chi connectivity index (χ3n) is 1.28. The van der Waals surface area contributed by atoms with Gasteiger partial charge in [0.25, 0.3) is 0 Å². The molecule has 1 N–H and O–H groups in total. The second-order valence-electron chi connectivity index (χ2n) is 2.23. The molecule has 0 aliphatic carbocycles. The zero-order valence-electron chi connectivity index (χ0n) is 6.46. The van der Waals surface area contributed by atoms with Gasteiger partial charge in [-0.15, -0.1) is 0 Å². The Morgan fingerprint density at radius 2 is 2.55 bits per heavy atom. The van der Waals surface area contributed by atoms with Gasteiger partial charge in [-0.05, 0) is 0 Å². The van der Waals surface area contributed by atoms with Gasteiger partial charge in [0, 0.05) is 0 Å². The molecule has 0 bridgehead atoms. The van der Waals surface area contributed by atoms with E-state index in [1.165, 1.54) is 0 Å². The van der Waals surface area contributed by atoms with E-state index in [4.69, 9.17) is 0 Å². The summed E-state index contributed by atoms with van der Waals surface area (Å²) in [7, 11) is 0. The summed E-state index contributed by atoms with van der Waals surface area (Å²) < 4.78 is 0.936. The second kappa shape index (κ2) is 4.37. The Hall–Kier alpha value is -0.531. The molecule has 1 rings (SSSR count). The Morgan fingerprint density at radius 1 is 1.73 bits per heavy atom. The SMILES string of the molecule is CCCNC(=O)c1ccc[se]1. The summed E-state index contributed by atoms with van der Waals surface area (Å²) in [6, 6.07) is 3.84. The summed E-state index contributed by atoms with van der Waals surface area (Å²) in [6.07, 6.45) is 0.999. The summed E-state index contributed by atoms with van der Waals surface area (Å²) in [5.41, 5.74) is 0. The Labute approximate surface area is 72.4 Å². The molecule has 0 aliphatic rings. The average Bonchev–Trinajstić information content (AvgIpc) is 2.52. The molecule has 11 heavy (non-hydrogen) atoms. The molecular formula is C8H11NOSe. The summed E-state index contributed by atoms with van der Waals surface area (Å²) in [5, 5.41) is 2.84. The zero-order valence-corrected chi connectivity index (χ0v) is 8.18. The Kier molecular flexibility index (Phi) is 3.40. The van der Waals surface area contributed by atoms with Crippen molar-refractivity contribution in [2.24, 2.45) is 0 Å². The quantitative estimate of drug-likeness (QED) is 0.747. The van der Waals surface area contributed by atoms with Gasteiger partial charge in [-0.1, -0.05) is 0 Å². The Balaban J connectivity index is 2.43. The molecule has 1 aromatic heterocycles. The van der Waals surface area contributed by atoms with Gasteiger partial charge in [-0.2, -0.15) is 0 Å². The van der Waals surface area contributed by atoms with Crippen LogP contribution in [0.3, 0.4) is 0 Å². The van der Waals surface area contributed by atoms with Gasteiger partial charge in [-0.25, -0.2) is 0 Å². The van der Waals surface area contributed by atoms with Gasteiger partial charge in [0.2, 0.25) is 0 Å². The van der Waals surface area contributed by atoms with Crippen LogP contribution in [-0.4, -0.2) is 27.0 Å². The van der Waals surface area contributed by atoms with Crippen molar-refractivity contribution in [2.75, 3.05) is 6.54 Å². The molecule has 2 nitrogen and oxygen atoms in total. The van der Waals surface area contributed by atoms with Crippen LogP contribution in [0.4, 0.5) is 0 Å². The third-order valence-corrected chi connectivity index (χ3v) is 3.10. The maximum absolute atomic E-state index is 11.2. The molecule has 0 unspecified atom stereocenters. The molecule has 0 aliphatic heterocycles. The van der Waals surface area contributed by atoms with Crippen LogP contribution in [0.5, 0.6) is 0 Å². The normalized spacial score (nSPS) is 9.55. The van der Waals surface area contributed by atoms with E-state index in [1.807, 2.05) is 24.0 Å². The maximum atomic E-state index is 11.2. The van der Waals surface area contributed by atoms with Crippen LogP contribution in [0.25, 0.3) is 0 Å². The summed E-state index contributed by atoms with van der Waals surface area (Å²) in [4.78, 5) is 13.2. The fourth-order valence-corrected chi connectivity index (χ4v) is 2.08. The van der Waals surface area contributed by atoms with Crippen molar-refractivity contribution in [1.82, 2.24) is 5.32 Å². The van der Waals surface area contributed by atoms with Crippen molar-refractivity contribution in [1.29, 1.82) is 0 Å². The predicted octanol–water partition coefficient (Wildman–Crippen LogP) is 0.883. The van der Waals surface area contributed by atoms with Gasteiger partial charge < -0.3 is 0 Å². The molecule has 1 aromatic rings. The Morgan fingerprint density at radius 3 is 3.09 bits per heavy atom. The number of hydrogen-bond acceptors (Lipinski definition) is 1. The first kappa shape index (κ1) is 8.56. The van der Waals surface area contributed by atoms with Crippen LogP contribution >= 0.6 is 0 Å². The molecule has 0 atom stereocenters. The van der Waals surface area contributed by atoms with Crippen LogP contribution in [0.1, 0.15) is 22.6 Å². The first-order chi connectivity index (χ1) is 5.34. The first-order valence-corrected chi connectivity index (χ1v) is 5.51. The molecule has 0 fully saturated rings. The van der Waals surface area contributed by atoms with Crippen molar-refractivity contribution in [3.63, 3.8) is 0 Å². The molecule has 0 saturated heterocycles. The van der Waals surface area contributed by atoms with E-state index >= 15 is 0 Å². The molecule has 3 heteroatoms. The zero-order chi connectivity index (χ0) is 8.10.